The zero-order chi connectivity index (χ0) is 13.8. The first-order chi connectivity index (χ1) is 8.26. The molecule has 0 atom stereocenters. The van der Waals surface area contributed by atoms with Crippen LogP contribution in [-0.2, 0) is 9.53 Å². The molecule has 100 valence electrons. The lowest BCUT2D eigenvalue weighted by molar-refractivity contribution is -0.119. The van der Waals surface area contributed by atoms with Gasteiger partial charge in [0.05, 0.1) is 5.54 Å². The van der Waals surface area contributed by atoms with Gasteiger partial charge >= 0.3 is 6.09 Å². The number of carbonyl (C=O) groups is 2. The van der Waals surface area contributed by atoms with Gasteiger partial charge in [-0.1, -0.05) is 0 Å². The van der Waals surface area contributed by atoms with Gasteiger partial charge in [0.25, 0.3) is 0 Å². The first-order valence-electron chi connectivity index (χ1n) is 6.23. The number of ketones is 1. The summed E-state index contributed by atoms with van der Waals surface area (Å²) in [6.07, 6.45) is 7.51. The largest absolute Gasteiger partial charge is 0.444 e. The quantitative estimate of drug-likeness (QED) is 0.763. The van der Waals surface area contributed by atoms with Crippen molar-refractivity contribution < 1.29 is 14.3 Å². The monoisotopic (exact) mass is 251 g/mol. The predicted molar refractivity (Wildman–Crippen MR) is 69.0 cm³/mol. The van der Waals surface area contributed by atoms with Crippen molar-refractivity contribution in [3.8, 4) is 12.3 Å². The van der Waals surface area contributed by atoms with Crippen LogP contribution in [0.4, 0.5) is 4.79 Å². The van der Waals surface area contributed by atoms with E-state index in [0.29, 0.717) is 19.3 Å². The summed E-state index contributed by atoms with van der Waals surface area (Å²) < 4.78 is 5.18. The Morgan fingerprint density at radius 3 is 2.44 bits per heavy atom. The number of amides is 1. The first-order valence-corrected chi connectivity index (χ1v) is 6.23. The van der Waals surface area contributed by atoms with E-state index in [1.807, 2.05) is 20.8 Å². The maximum Gasteiger partial charge on any atom is 0.408 e. The summed E-state index contributed by atoms with van der Waals surface area (Å²) in [6, 6.07) is 0. The highest BCUT2D eigenvalue weighted by Gasteiger charge is 2.46. The Morgan fingerprint density at radius 1 is 1.39 bits per heavy atom. The molecule has 0 saturated heterocycles. The molecule has 0 aliphatic heterocycles. The molecule has 4 heteroatoms. The second-order valence-corrected chi connectivity index (χ2v) is 5.83. The third-order valence-corrected chi connectivity index (χ3v) is 2.70. The average Bonchev–Trinajstić information content (AvgIpc) is 2.91. The van der Waals surface area contributed by atoms with Crippen LogP contribution in [-0.4, -0.2) is 23.0 Å². The molecule has 0 aromatic heterocycles. The number of terminal acetylenes is 1. The summed E-state index contributed by atoms with van der Waals surface area (Å²) in [7, 11) is 0. The molecule has 1 N–H and O–H groups in total. The SMILES string of the molecule is C#CCCC(=O)CC1(NC(=O)OC(C)(C)C)CC1. The Bertz CT molecular complexity index is 369. The number of ether oxygens (including phenoxy) is 1. The minimum atomic E-state index is -0.520. The summed E-state index contributed by atoms with van der Waals surface area (Å²) in [5.41, 5.74) is -0.901. The minimum Gasteiger partial charge on any atom is -0.444 e. The average molecular weight is 251 g/mol. The Balaban J connectivity index is 2.39. The smallest absolute Gasteiger partial charge is 0.408 e. The highest BCUT2D eigenvalue weighted by atomic mass is 16.6. The number of alkyl carbamates (subject to hydrolysis) is 1. The third-order valence-electron chi connectivity index (χ3n) is 2.70. The van der Waals surface area contributed by atoms with Gasteiger partial charge in [0, 0.05) is 19.3 Å². The normalized spacial score (nSPS) is 16.6. The molecule has 1 aliphatic rings. The van der Waals surface area contributed by atoms with Crippen LogP contribution >= 0.6 is 0 Å². The molecule has 0 unspecified atom stereocenters. The molecule has 0 aromatic rings. The summed E-state index contributed by atoms with van der Waals surface area (Å²) in [5.74, 6) is 2.54. The van der Waals surface area contributed by atoms with Gasteiger partial charge in [-0.25, -0.2) is 4.79 Å². The van der Waals surface area contributed by atoms with Crippen molar-refractivity contribution in [2.75, 3.05) is 0 Å². The predicted octanol–water partition coefficient (Wildman–Crippen LogP) is 2.42. The van der Waals surface area contributed by atoms with E-state index in [2.05, 4.69) is 11.2 Å². The second kappa shape index (κ2) is 5.43. The van der Waals surface area contributed by atoms with Crippen LogP contribution in [0.25, 0.3) is 0 Å². The fourth-order valence-corrected chi connectivity index (χ4v) is 1.69. The highest BCUT2D eigenvalue weighted by Crippen LogP contribution is 2.39. The maximum atomic E-state index is 11.6. The van der Waals surface area contributed by atoms with Crippen LogP contribution in [0.1, 0.15) is 52.9 Å². The molecule has 1 amide bonds. The van der Waals surface area contributed by atoms with Gasteiger partial charge in [-0.3, -0.25) is 4.79 Å². The van der Waals surface area contributed by atoms with Gasteiger partial charge in [0.2, 0.25) is 0 Å². The van der Waals surface area contributed by atoms with Crippen LogP contribution in [0.15, 0.2) is 0 Å². The van der Waals surface area contributed by atoms with E-state index in [1.54, 1.807) is 0 Å². The molecule has 1 saturated carbocycles. The Morgan fingerprint density at radius 2 is 2.00 bits per heavy atom. The number of carbonyl (C=O) groups excluding carboxylic acids is 2. The topological polar surface area (TPSA) is 55.4 Å². The zero-order valence-corrected chi connectivity index (χ0v) is 11.3. The van der Waals surface area contributed by atoms with Crippen LogP contribution in [0.3, 0.4) is 0 Å². The molecule has 4 nitrogen and oxygen atoms in total. The van der Waals surface area contributed by atoms with Crippen molar-refractivity contribution in [3.05, 3.63) is 0 Å². The van der Waals surface area contributed by atoms with E-state index in [9.17, 15) is 9.59 Å². The van der Waals surface area contributed by atoms with Crippen LogP contribution in [0.2, 0.25) is 0 Å². The van der Waals surface area contributed by atoms with Crippen LogP contribution in [0.5, 0.6) is 0 Å². The molecule has 1 rings (SSSR count). The summed E-state index contributed by atoms with van der Waals surface area (Å²) >= 11 is 0. The number of Topliss-reactive ketones (excluding diaryl/α,β-unsaturated/α-hetero) is 1. The molecule has 18 heavy (non-hydrogen) atoms. The Hall–Kier alpha value is -1.50. The molecule has 0 spiro atoms. The molecule has 1 aliphatic carbocycles. The van der Waals surface area contributed by atoms with E-state index < -0.39 is 11.7 Å². The standard InChI is InChI=1S/C14H21NO3/c1-5-6-7-11(16)10-14(8-9-14)15-12(17)18-13(2,3)4/h1H,6-10H2,2-4H3,(H,15,17). The molecule has 0 aromatic carbocycles. The third kappa shape index (κ3) is 5.22. The van der Waals surface area contributed by atoms with E-state index >= 15 is 0 Å². The van der Waals surface area contributed by atoms with Gasteiger partial charge in [-0.05, 0) is 33.6 Å². The van der Waals surface area contributed by atoms with Gasteiger partial charge in [0.15, 0.2) is 0 Å². The first kappa shape index (κ1) is 14.6. The van der Waals surface area contributed by atoms with Crippen molar-refractivity contribution in [1.82, 2.24) is 5.32 Å². The second-order valence-electron chi connectivity index (χ2n) is 5.83. The van der Waals surface area contributed by atoms with E-state index in [4.69, 9.17) is 11.2 Å². The van der Waals surface area contributed by atoms with E-state index in [1.165, 1.54) is 0 Å². The van der Waals surface area contributed by atoms with Gasteiger partial charge < -0.3 is 10.1 Å². The minimum absolute atomic E-state index is 0.0986. The highest BCUT2D eigenvalue weighted by molar-refractivity contribution is 5.81. The number of hydrogen-bond donors (Lipinski definition) is 1. The fourth-order valence-electron chi connectivity index (χ4n) is 1.69. The molecular weight excluding hydrogens is 230 g/mol. The number of nitrogens with one attached hydrogen (secondary N) is 1. The molecule has 1 fully saturated rings. The van der Waals surface area contributed by atoms with Gasteiger partial charge in [-0.2, -0.15) is 0 Å². The fraction of sp³-hybridized carbons (Fsp3) is 0.714. The van der Waals surface area contributed by atoms with Gasteiger partial charge in [0.1, 0.15) is 11.4 Å². The summed E-state index contributed by atoms with van der Waals surface area (Å²) in [6.45, 7) is 5.43. The lowest BCUT2D eigenvalue weighted by Gasteiger charge is -2.23. The maximum absolute atomic E-state index is 11.6. The summed E-state index contributed by atoms with van der Waals surface area (Å²) in [4.78, 5) is 23.3. The molecule has 0 heterocycles. The van der Waals surface area contributed by atoms with Crippen molar-refractivity contribution in [1.29, 1.82) is 0 Å². The van der Waals surface area contributed by atoms with Crippen molar-refractivity contribution in [2.24, 2.45) is 0 Å². The molecule has 0 radical (unpaired) electrons. The zero-order valence-electron chi connectivity index (χ0n) is 11.3. The van der Waals surface area contributed by atoms with E-state index in [-0.39, 0.29) is 11.3 Å². The van der Waals surface area contributed by atoms with Crippen molar-refractivity contribution >= 4 is 11.9 Å². The molecule has 0 bridgehead atoms. The van der Waals surface area contributed by atoms with Crippen LogP contribution < -0.4 is 5.32 Å². The van der Waals surface area contributed by atoms with Crippen molar-refractivity contribution in [3.63, 3.8) is 0 Å². The lowest BCUT2D eigenvalue weighted by Crippen LogP contribution is -2.41. The molecular formula is C14H21NO3. The van der Waals surface area contributed by atoms with E-state index in [0.717, 1.165) is 12.8 Å². The van der Waals surface area contributed by atoms with Crippen LogP contribution in [0, 0.1) is 12.3 Å². The summed E-state index contributed by atoms with van der Waals surface area (Å²) in [5, 5.41) is 2.80. The Kier molecular flexibility index (Phi) is 4.39. The van der Waals surface area contributed by atoms with Gasteiger partial charge in [-0.15, -0.1) is 12.3 Å². The lowest BCUT2D eigenvalue weighted by atomic mass is 10.1. The Labute approximate surface area is 108 Å². The van der Waals surface area contributed by atoms with Crippen molar-refractivity contribution in [2.45, 2.75) is 64.0 Å². The number of hydrogen-bond acceptors (Lipinski definition) is 3. The number of rotatable bonds is 5.